The fraction of sp³-hybridized carbons (Fsp3) is 0.286. The van der Waals surface area contributed by atoms with Crippen molar-refractivity contribution in [3.63, 3.8) is 0 Å². The highest BCUT2D eigenvalue weighted by atomic mass is 16.5. The molecule has 2 aromatic rings. The van der Waals surface area contributed by atoms with Crippen molar-refractivity contribution in [3.8, 4) is 11.5 Å². The van der Waals surface area contributed by atoms with Crippen molar-refractivity contribution in [1.29, 1.82) is 0 Å². The van der Waals surface area contributed by atoms with Gasteiger partial charge < -0.3 is 19.7 Å². The molecule has 2 aliphatic rings. The molecule has 0 aromatic heterocycles. The van der Waals surface area contributed by atoms with Gasteiger partial charge in [0.2, 0.25) is 0 Å². The van der Waals surface area contributed by atoms with E-state index in [1.165, 1.54) is 0 Å². The Morgan fingerprint density at radius 1 is 1.19 bits per heavy atom. The molecule has 2 aliphatic heterocycles. The molecule has 140 valence electrons. The van der Waals surface area contributed by atoms with E-state index < -0.39 is 0 Å². The molecule has 0 radical (unpaired) electrons. The second-order valence-electron chi connectivity index (χ2n) is 6.75. The zero-order valence-corrected chi connectivity index (χ0v) is 15.6. The number of carbonyl (C=O) groups excluding carboxylic acids is 1. The second-order valence-corrected chi connectivity index (χ2v) is 6.75. The minimum absolute atomic E-state index is 0.0427. The smallest absolute Gasteiger partial charge is 0.324 e. The monoisotopic (exact) mass is 365 g/mol. The van der Waals surface area contributed by atoms with Crippen molar-refractivity contribution in [2.24, 2.45) is 0 Å². The van der Waals surface area contributed by atoms with E-state index in [1.54, 1.807) is 16.9 Å². The van der Waals surface area contributed by atoms with Crippen LogP contribution in [-0.4, -0.2) is 51.3 Å². The van der Waals surface area contributed by atoms with Crippen LogP contribution in [0.15, 0.2) is 48.0 Å². The van der Waals surface area contributed by atoms with Gasteiger partial charge in [0.1, 0.15) is 18.1 Å². The summed E-state index contributed by atoms with van der Waals surface area (Å²) >= 11 is 0. The van der Waals surface area contributed by atoms with Gasteiger partial charge in [-0.15, -0.1) is 0 Å². The lowest BCUT2D eigenvalue weighted by Gasteiger charge is -2.20. The molecular formula is C21H23N3O3. The molecule has 0 bridgehead atoms. The summed E-state index contributed by atoms with van der Waals surface area (Å²) in [4.78, 5) is 15.7. The Balaban J connectivity index is 1.45. The van der Waals surface area contributed by atoms with Crippen molar-refractivity contribution in [3.05, 3.63) is 53.6 Å². The first kappa shape index (κ1) is 17.3. The number of carbonyl (C=O) groups is 1. The maximum atomic E-state index is 12.2. The van der Waals surface area contributed by atoms with Crippen LogP contribution in [0.25, 0.3) is 6.08 Å². The lowest BCUT2D eigenvalue weighted by Crippen LogP contribution is -2.29. The molecule has 2 amide bonds. The van der Waals surface area contributed by atoms with E-state index in [1.807, 2.05) is 49.5 Å². The van der Waals surface area contributed by atoms with Gasteiger partial charge in [-0.3, -0.25) is 4.90 Å². The second kappa shape index (κ2) is 7.23. The van der Waals surface area contributed by atoms with Gasteiger partial charge >= 0.3 is 6.03 Å². The Hall–Kier alpha value is -3.15. The number of rotatable bonds is 5. The molecule has 0 atom stereocenters. The Labute approximate surface area is 159 Å². The number of nitrogens with zero attached hydrogens (tertiary/aromatic N) is 2. The van der Waals surface area contributed by atoms with Crippen LogP contribution in [0.2, 0.25) is 0 Å². The third kappa shape index (κ3) is 3.56. The van der Waals surface area contributed by atoms with Crippen LogP contribution in [0.5, 0.6) is 11.5 Å². The summed E-state index contributed by atoms with van der Waals surface area (Å²) in [6.07, 6.45) is 2.14. The molecule has 2 aromatic carbocycles. The van der Waals surface area contributed by atoms with Crippen LogP contribution in [0, 0.1) is 0 Å². The van der Waals surface area contributed by atoms with Gasteiger partial charge in [0, 0.05) is 43.6 Å². The molecule has 1 saturated heterocycles. The Bertz CT molecular complexity index is 894. The molecular weight excluding hydrogens is 342 g/mol. The van der Waals surface area contributed by atoms with Crippen molar-refractivity contribution in [1.82, 2.24) is 4.90 Å². The van der Waals surface area contributed by atoms with Crippen LogP contribution in [-0.2, 0) is 0 Å². The van der Waals surface area contributed by atoms with Crippen LogP contribution in [0.1, 0.15) is 5.56 Å². The zero-order valence-electron chi connectivity index (χ0n) is 15.6. The van der Waals surface area contributed by atoms with Gasteiger partial charge in [-0.2, -0.15) is 0 Å². The van der Waals surface area contributed by atoms with E-state index in [0.29, 0.717) is 13.2 Å². The SMILES string of the molecule is COc1ccc2c(c1)C=C(CNc1cccc(N3CCN(C)C3=O)c1)CO2. The number of amides is 2. The third-order valence-electron chi connectivity index (χ3n) is 4.88. The molecule has 0 aliphatic carbocycles. The summed E-state index contributed by atoms with van der Waals surface area (Å²) in [5.41, 5.74) is 4.07. The molecule has 1 N–H and O–H groups in total. The molecule has 6 heteroatoms. The fourth-order valence-electron chi connectivity index (χ4n) is 3.32. The third-order valence-corrected chi connectivity index (χ3v) is 4.88. The first-order chi connectivity index (χ1) is 13.1. The number of methoxy groups -OCH3 is 1. The van der Waals surface area contributed by atoms with E-state index in [0.717, 1.165) is 47.1 Å². The molecule has 6 nitrogen and oxygen atoms in total. The number of benzene rings is 2. The number of hydrogen-bond donors (Lipinski definition) is 1. The molecule has 4 rings (SSSR count). The Morgan fingerprint density at radius 2 is 2.07 bits per heavy atom. The van der Waals surface area contributed by atoms with E-state index in [-0.39, 0.29) is 6.03 Å². The molecule has 2 heterocycles. The van der Waals surface area contributed by atoms with Gasteiger partial charge in [-0.1, -0.05) is 6.07 Å². The average Bonchev–Trinajstić information content (AvgIpc) is 3.04. The molecule has 1 fully saturated rings. The number of hydrogen-bond acceptors (Lipinski definition) is 4. The maximum Gasteiger partial charge on any atom is 0.324 e. The molecule has 27 heavy (non-hydrogen) atoms. The van der Waals surface area contributed by atoms with E-state index >= 15 is 0 Å². The van der Waals surface area contributed by atoms with Crippen molar-refractivity contribution >= 4 is 23.5 Å². The van der Waals surface area contributed by atoms with Crippen LogP contribution in [0.4, 0.5) is 16.2 Å². The topological polar surface area (TPSA) is 54.0 Å². The number of nitrogens with one attached hydrogen (secondary N) is 1. The van der Waals surface area contributed by atoms with Gasteiger partial charge in [0.25, 0.3) is 0 Å². The highest BCUT2D eigenvalue weighted by molar-refractivity contribution is 5.94. The quantitative estimate of drug-likeness (QED) is 0.882. The van der Waals surface area contributed by atoms with Crippen LogP contribution in [0.3, 0.4) is 0 Å². The van der Waals surface area contributed by atoms with Crippen molar-refractivity contribution < 1.29 is 14.3 Å². The summed E-state index contributed by atoms with van der Waals surface area (Å²) in [5.74, 6) is 1.69. The average molecular weight is 365 g/mol. The van der Waals surface area contributed by atoms with Gasteiger partial charge in [0.05, 0.1) is 7.11 Å². The van der Waals surface area contributed by atoms with E-state index in [4.69, 9.17) is 9.47 Å². The number of fused-ring (bicyclic) bond motifs is 1. The summed E-state index contributed by atoms with van der Waals surface area (Å²) in [6.45, 7) is 2.70. The predicted molar refractivity (Wildman–Crippen MR) is 107 cm³/mol. The first-order valence-corrected chi connectivity index (χ1v) is 9.01. The normalized spacial score (nSPS) is 15.9. The fourth-order valence-corrected chi connectivity index (χ4v) is 3.32. The molecule has 0 saturated carbocycles. The van der Waals surface area contributed by atoms with Crippen LogP contribution < -0.4 is 19.7 Å². The zero-order chi connectivity index (χ0) is 18.8. The lowest BCUT2D eigenvalue weighted by molar-refractivity contribution is 0.229. The maximum absolute atomic E-state index is 12.2. The van der Waals surface area contributed by atoms with Gasteiger partial charge in [-0.25, -0.2) is 4.79 Å². The minimum atomic E-state index is 0.0427. The number of urea groups is 1. The summed E-state index contributed by atoms with van der Waals surface area (Å²) in [5, 5.41) is 3.43. The largest absolute Gasteiger partial charge is 0.497 e. The predicted octanol–water partition coefficient (Wildman–Crippen LogP) is 3.45. The summed E-state index contributed by atoms with van der Waals surface area (Å²) < 4.78 is 11.1. The van der Waals surface area contributed by atoms with E-state index in [2.05, 4.69) is 11.4 Å². The van der Waals surface area contributed by atoms with Gasteiger partial charge in [0.15, 0.2) is 0 Å². The van der Waals surface area contributed by atoms with Crippen LogP contribution >= 0.6 is 0 Å². The summed E-state index contributed by atoms with van der Waals surface area (Å²) in [6, 6.07) is 13.8. The Kier molecular flexibility index (Phi) is 4.62. The standard InChI is InChI=1S/C21H23N3O3/c1-23-8-9-24(21(23)25)18-5-3-4-17(12-18)22-13-15-10-16-11-19(26-2)6-7-20(16)27-14-15/h3-7,10-12,22H,8-9,13-14H2,1-2H3. The highest BCUT2D eigenvalue weighted by Crippen LogP contribution is 2.30. The minimum Gasteiger partial charge on any atom is -0.497 e. The van der Waals surface area contributed by atoms with Crippen molar-refractivity contribution in [2.45, 2.75) is 0 Å². The number of anilines is 2. The highest BCUT2D eigenvalue weighted by Gasteiger charge is 2.26. The van der Waals surface area contributed by atoms with E-state index in [9.17, 15) is 4.79 Å². The molecule has 0 spiro atoms. The molecule has 0 unspecified atom stereocenters. The number of ether oxygens (including phenoxy) is 2. The first-order valence-electron chi connectivity index (χ1n) is 9.01. The lowest BCUT2D eigenvalue weighted by atomic mass is 10.1. The number of likely N-dealkylation sites (N-methyl/N-ethyl adjacent to an activating group) is 1. The summed E-state index contributed by atoms with van der Waals surface area (Å²) in [7, 11) is 3.49. The Morgan fingerprint density at radius 3 is 2.85 bits per heavy atom. The van der Waals surface area contributed by atoms with Gasteiger partial charge in [-0.05, 0) is 48.0 Å². The van der Waals surface area contributed by atoms with Crippen molar-refractivity contribution in [2.75, 3.05) is 50.6 Å².